The molecule has 0 bridgehead atoms. The summed E-state index contributed by atoms with van der Waals surface area (Å²) in [6, 6.07) is -0.145. The maximum atomic E-state index is 11.0. The van der Waals surface area contributed by atoms with Gasteiger partial charge in [0.05, 0.1) is 5.41 Å². The van der Waals surface area contributed by atoms with E-state index >= 15 is 0 Å². The molecule has 0 aromatic carbocycles. The van der Waals surface area contributed by atoms with Crippen LogP contribution in [0.15, 0.2) is 0 Å². The zero-order chi connectivity index (χ0) is 9.19. The first kappa shape index (κ1) is 9.52. The van der Waals surface area contributed by atoms with Gasteiger partial charge >= 0.3 is 5.97 Å². The van der Waals surface area contributed by atoms with Crippen molar-refractivity contribution in [3.63, 3.8) is 0 Å². The van der Waals surface area contributed by atoms with E-state index in [1.165, 1.54) is 0 Å². The zero-order valence-corrected chi connectivity index (χ0v) is 7.55. The van der Waals surface area contributed by atoms with Gasteiger partial charge in [-0.25, -0.2) is 0 Å². The molecule has 0 saturated heterocycles. The van der Waals surface area contributed by atoms with Gasteiger partial charge in [-0.2, -0.15) is 0 Å². The highest BCUT2D eigenvalue weighted by molar-refractivity contribution is 5.75. The molecule has 2 unspecified atom stereocenters. The van der Waals surface area contributed by atoms with Crippen LogP contribution in [0, 0.1) is 5.41 Å². The van der Waals surface area contributed by atoms with E-state index in [0.29, 0.717) is 6.42 Å². The van der Waals surface area contributed by atoms with Crippen molar-refractivity contribution in [2.45, 2.75) is 45.1 Å². The van der Waals surface area contributed by atoms with Crippen LogP contribution in [0.4, 0.5) is 0 Å². The number of aliphatic carboxylic acids is 1. The number of carbonyl (C=O) groups is 1. The summed E-state index contributed by atoms with van der Waals surface area (Å²) in [6.07, 6.45) is 4.35. The molecule has 1 aliphatic rings. The highest BCUT2D eigenvalue weighted by atomic mass is 16.4. The summed E-state index contributed by atoms with van der Waals surface area (Å²) in [6.45, 7) is 1.92. The van der Waals surface area contributed by atoms with E-state index in [-0.39, 0.29) is 6.04 Å². The highest BCUT2D eigenvalue weighted by Gasteiger charge is 2.43. The Bertz CT molecular complexity index is 181. The van der Waals surface area contributed by atoms with Gasteiger partial charge in [0.25, 0.3) is 0 Å². The lowest BCUT2D eigenvalue weighted by Gasteiger charge is -2.37. The second-order valence-electron chi connectivity index (χ2n) is 3.67. The van der Waals surface area contributed by atoms with Crippen molar-refractivity contribution in [3.8, 4) is 0 Å². The van der Waals surface area contributed by atoms with Gasteiger partial charge in [0.15, 0.2) is 0 Å². The minimum absolute atomic E-state index is 0.145. The summed E-state index contributed by atoms with van der Waals surface area (Å²) in [4.78, 5) is 11.0. The molecule has 12 heavy (non-hydrogen) atoms. The summed E-state index contributed by atoms with van der Waals surface area (Å²) in [5, 5.41) is 9.08. The largest absolute Gasteiger partial charge is 0.481 e. The Kier molecular flexibility index (Phi) is 2.73. The maximum Gasteiger partial charge on any atom is 0.311 e. The predicted octanol–water partition coefficient (Wildman–Crippen LogP) is 1.37. The number of rotatable bonds is 2. The van der Waals surface area contributed by atoms with Crippen LogP contribution in [0.25, 0.3) is 0 Å². The molecule has 2 atom stereocenters. The number of carboxylic acid groups (broad SMARTS) is 1. The second kappa shape index (κ2) is 3.44. The van der Waals surface area contributed by atoms with Crippen LogP contribution in [0.1, 0.15) is 39.0 Å². The van der Waals surface area contributed by atoms with Crippen molar-refractivity contribution >= 4 is 5.97 Å². The third kappa shape index (κ3) is 1.33. The fourth-order valence-electron chi connectivity index (χ4n) is 2.12. The van der Waals surface area contributed by atoms with Crippen molar-refractivity contribution in [1.29, 1.82) is 0 Å². The number of hydrogen-bond donors (Lipinski definition) is 2. The lowest BCUT2D eigenvalue weighted by molar-refractivity contribution is -0.152. The molecule has 1 saturated carbocycles. The topological polar surface area (TPSA) is 63.3 Å². The summed E-state index contributed by atoms with van der Waals surface area (Å²) in [5.41, 5.74) is 5.22. The van der Waals surface area contributed by atoms with Crippen LogP contribution in [0.3, 0.4) is 0 Å². The lowest BCUT2D eigenvalue weighted by Crippen LogP contribution is -2.49. The minimum Gasteiger partial charge on any atom is -0.481 e. The Balaban J connectivity index is 2.81. The first-order chi connectivity index (χ1) is 5.63. The zero-order valence-electron chi connectivity index (χ0n) is 7.55. The number of carboxylic acids is 1. The van der Waals surface area contributed by atoms with Gasteiger partial charge in [-0.15, -0.1) is 0 Å². The van der Waals surface area contributed by atoms with Gasteiger partial charge in [-0.3, -0.25) is 4.79 Å². The molecule has 0 amide bonds. The summed E-state index contributed by atoms with van der Waals surface area (Å²) in [5.74, 6) is -0.711. The predicted molar refractivity (Wildman–Crippen MR) is 46.8 cm³/mol. The SMILES string of the molecule is CCC1(C(=O)O)CCCCC1N. The van der Waals surface area contributed by atoms with Crippen molar-refractivity contribution in [1.82, 2.24) is 0 Å². The molecule has 1 fully saturated rings. The van der Waals surface area contributed by atoms with E-state index in [2.05, 4.69) is 0 Å². The van der Waals surface area contributed by atoms with Crippen molar-refractivity contribution in [3.05, 3.63) is 0 Å². The van der Waals surface area contributed by atoms with Gasteiger partial charge in [-0.1, -0.05) is 19.8 Å². The first-order valence-electron chi connectivity index (χ1n) is 4.62. The van der Waals surface area contributed by atoms with Crippen LogP contribution in [0.5, 0.6) is 0 Å². The molecule has 1 aliphatic carbocycles. The minimum atomic E-state index is -0.711. The second-order valence-corrected chi connectivity index (χ2v) is 3.67. The molecule has 3 heteroatoms. The molecule has 0 aromatic heterocycles. The molecule has 70 valence electrons. The normalized spacial score (nSPS) is 36.3. The average Bonchev–Trinajstić information content (AvgIpc) is 2.05. The first-order valence-corrected chi connectivity index (χ1v) is 4.62. The quantitative estimate of drug-likeness (QED) is 0.659. The Morgan fingerprint density at radius 3 is 2.67 bits per heavy atom. The molecule has 0 aliphatic heterocycles. The third-order valence-corrected chi connectivity index (χ3v) is 3.15. The average molecular weight is 171 g/mol. The summed E-state index contributed by atoms with van der Waals surface area (Å²) >= 11 is 0. The van der Waals surface area contributed by atoms with Gasteiger partial charge in [0.2, 0.25) is 0 Å². The van der Waals surface area contributed by atoms with Crippen LogP contribution in [-0.4, -0.2) is 17.1 Å². The molecule has 0 aromatic rings. The summed E-state index contributed by atoms with van der Waals surface area (Å²) in [7, 11) is 0. The van der Waals surface area contributed by atoms with Crippen LogP contribution < -0.4 is 5.73 Å². The van der Waals surface area contributed by atoms with E-state index < -0.39 is 11.4 Å². The maximum absolute atomic E-state index is 11.0. The van der Waals surface area contributed by atoms with Crippen LogP contribution in [0.2, 0.25) is 0 Å². The van der Waals surface area contributed by atoms with Crippen LogP contribution in [-0.2, 0) is 4.79 Å². The van der Waals surface area contributed by atoms with E-state index in [4.69, 9.17) is 10.8 Å². The van der Waals surface area contributed by atoms with Crippen molar-refractivity contribution in [2.24, 2.45) is 11.1 Å². The lowest BCUT2D eigenvalue weighted by atomic mass is 9.69. The molecule has 0 heterocycles. The molecule has 0 radical (unpaired) electrons. The van der Waals surface area contributed by atoms with Gasteiger partial charge in [0, 0.05) is 6.04 Å². The van der Waals surface area contributed by atoms with Crippen molar-refractivity contribution in [2.75, 3.05) is 0 Å². The Morgan fingerprint density at radius 1 is 1.67 bits per heavy atom. The van der Waals surface area contributed by atoms with Gasteiger partial charge in [-0.05, 0) is 19.3 Å². The number of hydrogen-bond acceptors (Lipinski definition) is 2. The van der Waals surface area contributed by atoms with E-state index in [1.54, 1.807) is 0 Å². The fraction of sp³-hybridized carbons (Fsp3) is 0.889. The molecular formula is C9H17NO2. The highest BCUT2D eigenvalue weighted by Crippen LogP contribution is 2.38. The fourth-order valence-corrected chi connectivity index (χ4v) is 2.12. The molecule has 1 rings (SSSR count). The van der Waals surface area contributed by atoms with Crippen LogP contribution >= 0.6 is 0 Å². The molecular weight excluding hydrogens is 154 g/mol. The monoisotopic (exact) mass is 171 g/mol. The molecule has 0 spiro atoms. The van der Waals surface area contributed by atoms with E-state index in [9.17, 15) is 4.79 Å². The summed E-state index contributed by atoms with van der Waals surface area (Å²) < 4.78 is 0. The molecule has 3 nitrogen and oxygen atoms in total. The number of nitrogens with two attached hydrogens (primary N) is 1. The van der Waals surface area contributed by atoms with Gasteiger partial charge in [0.1, 0.15) is 0 Å². The standard InChI is InChI=1S/C9H17NO2/c1-2-9(8(11)12)6-4-3-5-7(9)10/h7H,2-6,10H2,1H3,(H,11,12). The Hall–Kier alpha value is -0.570. The Labute approximate surface area is 72.9 Å². The van der Waals surface area contributed by atoms with Gasteiger partial charge < -0.3 is 10.8 Å². The molecule has 3 N–H and O–H groups in total. The third-order valence-electron chi connectivity index (χ3n) is 3.15. The Morgan fingerprint density at radius 2 is 2.33 bits per heavy atom. The van der Waals surface area contributed by atoms with E-state index in [1.807, 2.05) is 6.92 Å². The smallest absolute Gasteiger partial charge is 0.311 e. The van der Waals surface area contributed by atoms with Crippen molar-refractivity contribution < 1.29 is 9.90 Å². The van der Waals surface area contributed by atoms with E-state index in [0.717, 1.165) is 25.7 Å².